The lowest BCUT2D eigenvalue weighted by Crippen LogP contribution is -2.32. The number of benzene rings is 2. The molecule has 3 amide bonds. The van der Waals surface area contributed by atoms with E-state index in [9.17, 15) is 14.4 Å². The van der Waals surface area contributed by atoms with Gasteiger partial charge in [-0.25, -0.2) is 5.43 Å². The van der Waals surface area contributed by atoms with Gasteiger partial charge in [0.1, 0.15) is 5.75 Å². The van der Waals surface area contributed by atoms with Crippen molar-refractivity contribution in [1.82, 2.24) is 5.43 Å². The number of hydrogen-bond donors (Lipinski definition) is 3. The average molecular weight is 354 g/mol. The van der Waals surface area contributed by atoms with Crippen molar-refractivity contribution in [2.75, 3.05) is 11.9 Å². The first kappa shape index (κ1) is 18.7. The van der Waals surface area contributed by atoms with Crippen LogP contribution in [-0.2, 0) is 14.4 Å². The quantitative estimate of drug-likeness (QED) is 0.406. The van der Waals surface area contributed by atoms with Crippen LogP contribution in [0.15, 0.2) is 53.6 Å². The Bertz CT molecular complexity index is 849. The first-order valence-electron chi connectivity index (χ1n) is 7.66. The average Bonchev–Trinajstić information content (AvgIpc) is 2.60. The minimum absolute atomic E-state index is 0.240. The van der Waals surface area contributed by atoms with Gasteiger partial charge in [0.05, 0.1) is 6.21 Å². The summed E-state index contributed by atoms with van der Waals surface area (Å²) in [5.74, 6) is -1.89. The van der Waals surface area contributed by atoms with E-state index in [4.69, 9.17) is 10.5 Å². The number of hydrogen-bond acceptors (Lipinski definition) is 5. The largest absolute Gasteiger partial charge is 0.484 e. The Morgan fingerprint density at radius 2 is 1.88 bits per heavy atom. The lowest BCUT2D eigenvalue weighted by molar-refractivity contribution is -0.136. The number of nitrogens with one attached hydrogen (secondary N) is 2. The van der Waals surface area contributed by atoms with E-state index in [0.29, 0.717) is 17.0 Å². The second kappa shape index (κ2) is 8.97. The highest BCUT2D eigenvalue weighted by Crippen LogP contribution is 2.12. The van der Waals surface area contributed by atoms with Crippen LogP contribution >= 0.6 is 0 Å². The maximum atomic E-state index is 11.8. The van der Waals surface area contributed by atoms with Gasteiger partial charge in [0.25, 0.3) is 5.91 Å². The van der Waals surface area contributed by atoms with Gasteiger partial charge in [0.2, 0.25) is 0 Å². The van der Waals surface area contributed by atoms with Crippen LogP contribution in [0.1, 0.15) is 11.1 Å². The van der Waals surface area contributed by atoms with Gasteiger partial charge >= 0.3 is 11.8 Å². The van der Waals surface area contributed by atoms with Gasteiger partial charge in [-0.05, 0) is 42.3 Å². The Morgan fingerprint density at radius 1 is 1.12 bits per heavy atom. The third-order valence-electron chi connectivity index (χ3n) is 3.10. The normalized spacial score (nSPS) is 10.3. The first-order valence-corrected chi connectivity index (χ1v) is 7.66. The highest BCUT2D eigenvalue weighted by Gasteiger charge is 2.12. The molecule has 0 saturated heterocycles. The van der Waals surface area contributed by atoms with E-state index < -0.39 is 17.7 Å². The molecule has 26 heavy (non-hydrogen) atoms. The molecule has 134 valence electrons. The number of primary amides is 1. The minimum atomic E-state index is -0.899. The number of hydrazone groups is 1. The van der Waals surface area contributed by atoms with Crippen molar-refractivity contribution in [3.8, 4) is 5.75 Å². The van der Waals surface area contributed by atoms with Gasteiger partial charge in [-0.1, -0.05) is 24.3 Å². The Balaban J connectivity index is 1.89. The van der Waals surface area contributed by atoms with Gasteiger partial charge in [-0.3, -0.25) is 14.4 Å². The molecule has 0 aliphatic rings. The number of rotatable bonds is 6. The van der Waals surface area contributed by atoms with Gasteiger partial charge in [-0.15, -0.1) is 0 Å². The molecule has 0 unspecified atom stereocenters. The molecule has 0 heterocycles. The number of nitrogens with zero attached hydrogens (tertiary/aromatic N) is 1. The summed E-state index contributed by atoms with van der Waals surface area (Å²) in [5, 5.41) is 6.20. The van der Waals surface area contributed by atoms with E-state index >= 15 is 0 Å². The van der Waals surface area contributed by atoms with E-state index in [-0.39, 0.29) is 6.61 Å². The molecule has 2 aromatic rings. The fraction of sp³-hybridized carbons (Fsp3) is 0.111. The minimum Gasteiger partial charge on any atom is -0.484 e. The summed E-state index contributed by atoms with van der Waals surface area (Å²) in [6.07, 6.45) is 1.34. The molecule has 8 nitrogen and oxygen atoms in total. The highest BCUT2D eigenvalue weighted by molar-refractivity contribution is 6.39. The van der Waals surface area contributed by atoms with E-state index in [0.717, 1.165) is 5.56 Å². The lowest BCUT2D eigenvalue weighted by atomic mass is 10.2. The summed E-state index contributed by atoms with van der Waals surface area (Å²) < 4.78 is 5.16. The molecule has 0 atom stereocenters. The number of anilines is 1. The molecule has 0 aromatic heterocycles. The summed E-state index contributed by atoms with van der Waals surface area (Å²) in [7, 11) is 0. The van der Waals surface area contributed by atoms with Gasteiger partial charge < -0.3 is 15.8 Å². The van der Waals surface area contributed by atoms with Gasteiger partial charge in [0.15, 0.2) is 6.61 Å². The molecule has 0 fully saturated rings. The zero-order valence-electron chi connectivity index (χ0n) is 14.1. The Morgan fingerprint density at radius 3 is 2.62 bits per heavy atom. The number of amides is 3. The fourth-order valence-electron chi connectivity index (χ4n) is 1.97. The SMILES string of the molecule is Cc1cccc(NC(=O)C(=O)N/N=C\c2cccc(OCC(N)=O)c2)c1. The van der Waals surface area contributed by atoms with Crippen LogP contribution in [0.3, 0.4) is 0 Å². The Kier molecular flexibility index (Phi) is 6.44. The van der Waals surface area contributed by atoms with Crippen LogP contribution in [0.2, 0.25) is 0 Å². The zero-order valence-corrected chi connectivity index (χ0v) is 14.1. The summed E-state index contributed by atoms with van der Waals surface area (Å²) in [4.78, 5) is 34.3. The maximum absolute atomic E-state index is 11.8. The number of aryl methyl sites for hydroxylation is 1. The summed E-state index contributed by atoms with van der Waals surface area (Å²) in [5.41, 5.74) is 9.23. The lowest BCUT2D eigenvalue weighted by Gasteiger charge is -2.05. The van der Waals surface area contributed by atoms with Crippen molar-refractivity contribution < 1.29 is 19.1 Å². The number of nitrogens with two attached hydrogens (primary N) is 1. The second-order valence-corrected chi connectivity index (χ2v) is 5.35. The molecule has 0 aliphatic carbocycles. The first-order chi connectivity index (χ1) is 12.4. The number of carbonyl (C=O) groups excluding carboxylic acids is 3. The number of ether oxygens (including phenoxy) is 1. The molecule has 0 radical (unpaired) electrons. The molecular weight excluding hydrogens is 336 g/mol. The highest BCUT2D eigenvalue weighted by atomic mass is 16.5. The summed E-state index contributed by atoms with van der Waals surface area (Å²) >= 11 is 0. The second-order valence-electron chi connectivity index (χ2n) is 5.35. The zero-order chi connectivity index (χ0) is 18.9. The van der Waals surface area contributed by atoms with Crippen molar-refractivity contribution in [3.63, 3.8) is 0 Å². The van der Waals surface area contributed by atoms with Crippen LogP contribution in [-0.4, -0.2) is 30.5 Å². The molecule has 0 spiro atoms. The van der Waals surface area contributed by atoms with Crippen molar-refractivity contribution in [2.24, 2.45) is 10.8 Å². The van der Waals surface area contributed by atoms with E-state index in [1.165, 1.54) is 6.21 Å². The van der Waals surface area contributed by atoms with E-state index in [1.807, 2.05) is 13.0 Å². The molecule has 0 aliphatic heterocycles. The molecule has 8 heteroatoms. The maximum Gasteiger partial charge on any atom is 0.329 e. The molecule has 4 N–H and O–H groups in total. The van der Waals surface area contributed by atoms with Crippen molar-refractivity contribution >= 4 is 29.6 Å². The number of carbonyl (C=O) groups is 3. The van der Waals surface area contributed by atoms with E-state index in [2.05, 4.69) is 15.8 Å². The van der Waals surface area contributed by atoms with Crippen LogP contribution in [0.4, 0.5) is 5.69 Å². The standard InChI is InChI=1S/C18H18N4O4/c1-12-4-2-6-14(8-12)21-17(24)18(25)22-20-10-13-5-3-7-15(9-13)26-11-16(19)23/h2-10H,11H2,1H3,(H2,19,23)(H,21,24)(H,22,25)/b20-10-. The third-order valence-corrected chi connectivity index (χ3v) is 3.10. The third kappa shape index (κ3) is 6.08. The molecule has 2 rings (SSSR count). The predicted octanol–water partition coefficient (Wildman–Crippen LogP) is 0.948. The van der Waals surface area contributed by atoms with Crippen LogP contribution in [0, 0.1) is 6.92 Å². The van der Waals surface area contributed by atoms with Crippen molar-refractivity contribution in [2.45, 2.75) is 6.92 Å². The van der Waals surface area contributed by atoms with Gasteiger partial charge in [0, 0.05) is 5.69 Å². The van der Waals surface area contributed by atoms with Crippen molar-refractivity contribution in [1.29, 1.82) is 0 Å². The van der Waals surface area contributed by atoms with Crippen LogP contribution in [0.25, 0.3) is 0 Å². The van der Waals surface area contributed by atoms with Gasteiger partial charge in [-0.2, -0.15) is 5.10 Å². The smallest absolute Gasteiger partial charge is 0.329 e. The Labute approximate surface area is 150 Å². The Hall–Kier alpha value is -3.68. The summed E-state index contributed by atoms with van der Waals surface area (Å²) in [6, 6.07) is 13.7. The summed E-state index contributed by atoms with van der Waals surface area (Å²) in [6.45, 7) is 1.64. The topological polar surface area (TPSA) is 123 Å². The molecule has 0 bridgehead atoms. The van der Waals surface area contributed by atoms with E-state index in [1.54, 1.807) is 42.5 Å². The predicted molar refractivity (Wildman–Crippen MR) is 96.7 cm³/mol. The molecule has 0 saturated carbocycles. The fourth-order valence-corrected chi connectivity index (χ4v) is 1.97. The monoisotopic (exact) mass is 354 g/mol. The van der Waals surface area contributed by atoms with Crippen LogP contribution in [0.5, 0.6) is 5.75 Å². The molecular formula is C18H18N4O4. The van der Waals surface area contributed by atoms with Crippen molar-refractivity contribution in [3.05, 3.63) is 59.7 Å². The van der Waals surface area contributed by atoms with Crippen LogP contribution < -0.4 is 21.2 Å². The molecule has 2 aromatic carbocycles.